The van der Waals surface area contributed by atoms with Gasteiger partial charge in [0, 0.05) is 17.3 Å². The maximum atomic E-state index is 13.4. The summed E-state index contributed by atoms with van der Waals surface area (Å²) in [5.41, 5.74) is 4.43. The van der Waals surface area contributed by atoms with Crippen molar-refractivity contribution in [2.24, 2.45) is 5.92 Å². The van der Waals surface area contributed by atoms with Crippen molar-refractivity contribution < 1.29 is 14.0 Å². The highest BCUT2D eigenvalue weighted by atomic mass is 19.1. The topological polar surface area (TPSA) is 49.4 Å². The van der Waals surface area contributed by atoms with E-state index in [1.165, 1.54) is 29.8 Å². The van der Waals surface area contributed by atoms with Crippen molar-refractivity contribution in [3.63, 3.8) is 0 Å². The molecule has 33 heavy (non-hydrogen) atoms. The van der Waals surface area contributed by atoms with Gasteiger partial charge in [0.15, 0.2) is 0 Å². The summed E-state index contributed by atoms with van der Waals surface area (Å²) < 4.78 is 13.1. The van der Waals surface area contributed by atoms with E-state index in [1.54, 1.807) is 0 Å². The number of halogens is 1. The molecule has 0 unspecified atom stereocenters. The third-order valence-electron chi connectivity index (χ3n) is 6.15. The largest absolute Gasteiger partial charge is 0.326 e. The fourth-order valence-corrected chi connectivity index (χ4v) is 4.32. The van der Waals surface area contributed by atoms with Gasteiger partial charge in [0.05, 0.1) is 13.0 Å². The van der Waals surface area contributed by atoms with E-state index in [4.69, 9.17) is 0 Å². The second-order valence-corrected chi connectivity index (χ2v) is 8.79. The van der Waals surface area contributed by atoms with Gasteiger partial charge in [0.25, 0.3) is 0 Å². The predicted octanol–water partition coefficient (Wildman–Crippen LogP) is 6.04. The number of hydrogen-bond donors (Lipinski definition) is 1. The molecule has 3 aromatic carbocycles. The van der Waals surface area contributed by atoms with E-state index in [9.17, 15) is 14.0 Å². The number of nitrogens with one attached hydrogen (secondary N) is 1. The summed E-state index contributed by atoms with van der Waals surface area (Å²) in [5, 5.41) is 2.79. The molecule has 5 heteroatoms. The van der Waals surface area contributed by atoms with Crippen LogP contribution in [0.15, 0.2) is 72.8 Å². The van der Waals surface area contributed by atoms with E-state index in [1.807, 2.05) is 36.1 Å². The van der Waals surface area contributed by atoms with Crippen LogP contribution in [0.25, 0.3) is 0 Å². The zero-order chi connectivity index (χ0) is 23.2. The van der Waals surface area contributed by atoms with Gasteiger partial charge in [0.2, 0.25) is 11.8 Å². The maximum Gasteiger partial charge on any atom is 0.230 e. The third kappa shape index (κ3) is 6.07. The number of carbonyl (C=O) groups is 2. The van der Waals surface area contributed by atoms with E-state index < -0.39 is 0 Å². The van der Waals surface area contributed by atoms with Gasteiger partial charge < -0.3 is 10.2 Å². The minimum absolute atomic E-state index is 0.0564. The van der Waals surface area contributed by atoms with E-state index in [-0.39, 0.29) is 30.0 Å². The zero-order valence-corrected chi connectivity index (χ0v) is 18.9. The molecular weight excluding hydrogens is 415 g/mol. The summed E-state index contributed by atoms with van der Waals surface area (Å²) in [6.45, 7) is 2.55. The molecule has 170 valence electrons. The fourth-order valence-electron chi connectivity index (χ4n) is 4.32. The molecule has 3 aromatic rings. The van der Waals surface area contributed by atoms with Crippen LogP contribution in [0.2, 0.25) is 0 Å². The quantitative estimate of drug-likeness (QED) is 0.483. The summed E-state index contributed by atoms with van der Waals surface area (Å²) in [5.74, 6) is -0.325. The van der Waals surface area contributed by atoms with Crippen LogP contribution in [0.4, 0.5) is 15.8 Å². The summed E-state index contributed by atoms with van der Waals surface area (Å²) >= 11 is 0. The second-order valence-electron chi connectivity index (χ2n) is 8.79. The smallest absolute Gasteiger partial charge is 0.230 e. The molecule has 0 aromatic heterocycles. The van der Waals surface area contributed by atoms with Crippen LogP contribution in [-0.2, 0) is 22.6 Å². The molecule has 0 aliphatic heterocycles. The van der Waals surface area contributed by atoms with Crippen molar-refractivity contribution in [1.29, 1.82) is 0 Å². The van der Waals surface area contributed by atoms with Crippen LogP contribution < -0.4 is 10.2 Å². The van der Waals surface area contributed by atoms with Crippen molar-refractivity contribution in [1.82, 2.24) is 0 Å². The minimum Gasteiger partial charge on any atom is -0.326 e. The lowest BCUT2D eigenvalue weighted by Gasteiger charge is -2.26. The predicted molar refractivity (Wildman–Crippen MR) is 130 cm³/mol. The van der Waals surface area contributed by atoms with E-state index in [2.05, 4.69) is 29.6 Å². The number of carbonyl (C=O) groups excluding carboxylic acids is 2. The number of hydrogen-bond acceptors (Lipinski definition) is 2. The Kier molecular flexibility index (Phi) is 7.18. The van der Waals surface area contributed by atoms with Crippen molar-refractivity contribution in [3.05, 3.63) is 95.3 Å². The highest BCUT2D eigenvalue weighted by molar-refractivity contribution is 5.96. The van der Waals surface area contributed by atoms with Gasteiger partial charge in [-0.25, -0.2) is 4.39 Å². The lowest BCUT2D eigenvalue weighted by Crippen LogP contribution is -2.35. The van der Waals surface area contributed by atoms with Crippen LogP contribution in [0.3, 0.4) is 0 Å². The van der Waals surface area contributed by atoms with Gasteiger partial charge in [-0.15, -0.1) is 0 Å². The van der Waals surface area contributed by atoms with Gasteiger partial charge in [-0.05, 0) is 67.3 Å². The Hall–Kier alpha value is -3.47. The maximum absolute atomic E-state index is 13.4. The van der Waals surface area contributed by atoms with Crippen molar-refractivity contribution in [3.8, 4) is 0 Å². The third-order valence-corrected chi connectivity index (χ3v) is 6.15. The van der Waals surface area contributed by atoms with Crippen molar-refractivity contribution in [2.75, 3.05) is 10.2 Å². The molecule has 4 rings (SSSR count). The molecule has 1 N–H and O–H groups in total. The van der Waals surface area contributed by atoms with Crippen molar-refractivity contribution in [2.45, 2.75) is 45.6 Å². The molecule has 0 spiro atoms. The molecule has 1 aliphatic carbocycles. The Bertz CT molecular complexity index is 1100. The lowest BCUT2D eigenvalue weighted by molar-refractivity contribution is -0.122. The molecule has 2 amide bonds. The number of nitrogens with zero attached hydrogens (tertiary/aromatic N) is 1. The summed E-state index contributed by atoms with van der Waals surface area (Å²) in [7, 11) is 0. The minimum atomic E-state index is -0.346. The van der Waals surface area contributed by atoms with Gasteiger partial charge in [-0.1, -0.05) is 54.8 Å². The molecule has 1 aliphatic rings. The Morgan fingerprint density at radius 3 is 2.33 bits per heavy atom. The molecule has 0 heterocycles. The fraction of sp³-hybridized carbons (Fsp3) is 0.286. The first-order valence-corrected chi connectivity index (χ1v) is 11.5. The normalized spacial score (nSPS) is 13.6. The molecular formula is C28H29FN2O2. The summed E-state index contributed by atoms with van der Waals surface area (Å²) in [6, 6.07) is 21.6. The molecule has 0 atom stereocenters. The Morgan fingerprint density at radius 1 is 0.939 bits per heavy atom. The standard InChI is InChI=1S/C28H29FN2O2/c1-20-9-11-21(12-10-20)19-31(28(33)23-6-2-3-7-23)26-8-4-5-22(17-26)18-27(32)30-25-15-13-24(29)14-16-25/h4-5,8-17,23H,2-3,6-7,18-19H2,1H3,(H,30,32). The van der Waals surface area contributed by atoms with Crippen LogP contribution in [-0.4, -0.2) is 11.8 Å². The van der Waals surface area contributed by atoms with Crippen LogP contribution in [0.5, 0.6) is 0 Å². The molecule has 4 nitrogen and oxygen atoms in total. The lowest BCUT2D eigenvalue weighted by atomic mass is 10.0. The van der Waals surface area contributed by atoms with Gasteiger partial charge in [-0.2, -0.15) is 0 Å². The van der Waals surface area contributed by atoms with Crippen LogP contribution in [0.1, 0.15) is 42.4 Å². The first kappa shape index (κ1) is 22.7. The Balaban J connectivity index is 1.53. The first-order valence-electron chi connectivity index (χ1n) is 11.5. The highest BCUT2D eigenvalue weighted by Crippen LogP contribution is 2.30. The van der Waals surface area contributed by atoms with E-state index in [0.29, 0.717) is 12.2 Å². The number of aryl methyl sites for hydroxylation is 1. The average Bonchev–Trinajstić information content (AvgIpc) is 3.35. The highest BCUT2D eigenvalue weighted by Gasteiger charge is 2.28. The summed E-state index contributed by atoms with van der Waals surface area (Å²) in [4.78, 5) is 27.8. The zero-order valence-electron chi connectivity index (χ0n) is 18.9. The monoisotopic (exact) mass is 444 g/mol. The molecule has 0 bridgehead atoms. The average molecular weight is 445 g/mol. The first-order chi connectivity index (χ1) is 16.0. The van der Waals surface area contributed by atoms with Crippen molar-refractivity contribution >= 4 is 23.2 Å². The SMILES string of the molecule is Cc1ccc(CN(C(=O)C2CCCC2)c2cccc(CC(=O)Nc3ccc(F)cc3)c2)cc1. The van der Waals surface area contributed by atoms with Gasteiger partial charge >= 0.3 is 0 Å². The Labute approximate surface area is 194 Å². The number of benzene rings is 3. The molecule has 0 saturated heterocycles. The molecule has 1 saturated carbocycles. The number of amides is 2. The second kappa shape index (κ2) is 10.4. The van der Waals surface area contributed by atoms with E-state index in [0.717, 1.165) is 42.5 Å². The van der Waals surface area contributed by atoms with Gasteiger partial charge in [0.1, 0.15) is 5.82 Å². The molecule has 1 fully saturated rings. The number of anilines is 2. The van der Waals surface area contributed by atoms with Crippen LogP contribution in [0, 0.1) is 18.7 Å². The molecule has 0 radical (unpaired) electrons. The number of rotatable bonds is 7. The van der Waals surface area contributed by atoms with E-state index >= 15 is 0 Å². The van der Waals surface area contributed by atoms with Gasteiger partial charge in [-0.3, -0.25) is 9.59 Å². The van der Waals surface area contributed by atoms with Crippen LogP contribution >= 0.6 is 0 Å². The summed E-state index contributed by atoms with van der Waals surface area (Å²) in [6.07, 6.45) is 4.23. The Morgan fingerprint density at radius 2 is 1.64 bits per heavy atom.